The third kappa shape index (κ3) is 5.11. The van der Waals surface area contributed by atoms with Gasteiger partial charge in [0.1, 0.15) is 5.75 Å². The molecule has 0 aromatic heterocycles. The highest BCUT2D eigenvalue weighted by Gasteiger charge is 2.14. The molecule has 1 N–H and O–H groups in total. The number of hydrogen-bond acceptors (Lipinski definition) is 3. The van der Waals surface area contributed by atoms with Crippen molar-refractivity contribution in [1.82, 2.24) is 0 Å². The second kappa shape index (κ2) is 7.90. The lowest BCUT2D eigenvalue weighted by molar-refractivity contribution is -0.115. The average Bonchev–Trinajstić information content (AvgIpc) is 2.49. The van der Waals surface area contributed by atoms with E-state index in [0.29, 0.717) is 0 Å². The van der Waals surface area contributed by atoms with Gasteiger partial charge in [0, 0.05) is 10.6 Å². The molecule has 0 saturated heterocycles. The van der Waals surface area contributed by atoms with Crippen molar-refractivity contribution in [1.29, 1.82) is 0 Å². The number of ether oxygens (including phenoxy) is 1. The van der Waals surface area contributed by atoms with Crippen molar-refractivity contribution in [2.24, 2.45) is 0 Å². The van der Waals surface area contributed by atoms with E-state index in [1.54, 1.807) is 11.8 Å². The van der Waals surface area contributed by atoms with Gasteiger partial charge in [-0.15, -0.1) is 11.8 Å². The predicted molar refractivity (Wildman–Crippen MR) is 92.6 cm³/mol. The number of amides is 1. The first-order chi connectivity index (χ1) is 10.5. The standard InChI is InChI=1S/C18H21NO2S/c1-13(2)21-16-11-9-15(10-12-16)19-18(20)14(3)22-17-7-5-4-6-8-17/h4-14H,1-3H3,(H,19,20)/t14-/m1/s1. The molecule has 2 aromatic rings. The molecular weight excluding hydrogens is 294 g/mol. The van der Waals surface area contributed by atoms with Crippen LogP contribution in [0.15, 0.2) is 59.5 Å². The summed E-state index contributed by atoms with van der Waals surface area (Å²) >= 11 is 1.55. The molecule has 0 aliphatic heterocycles. The third-order valence-electron chi connectivity index (χ3n) is 2.92. The van der Waals surface area contributed by atoms with E-state index in [9.17, 15) is 4.79 Å². The highest BCUT2D eigenvalue weighted by atomic mass is 32.2. The summed E-state index contributed by atoms with van der Waals surface area (Å²) in [5.41, 5.74) is 0.779. The van der Waals surface area contributed by atoms with Gasteiger partial charge in [-0.3, -0.25) is 4.79 Å². The van der Waals surface area contributed by atoms with Gasteiger partial charge in [0.25, 0.3) is 0 Å². The second-order valence-corrected chi connectivity index (χ2v) is 6.67. The molecule has 0 fully saturated rings. The van der Waals surface area contributed by atoms with E-state index < -0.39 is 0 Å². The van der Waals surface area contributed by atoms with Crippen molar-refractivity contribution in [2.45, 2.75) is 37.0 Å². The lowest BCUT2D eigenvalue weighted by Gasteiger charge is -2.13. The van der Waals surface area contributed by atoms with Crippen molar-refractivity contribution in [2.75, 3.05) is 5.32 Å². The number of hydrogen-bond donors (Lipinski definition) is 1. The maximum atomic E-state index is 12.2. The van der Waals surface area contributed by atoms with Crippen LogP contribution >= 0.6 is 11.8 Å². The Hall–Kier alpha value is -1.94. The van der Waals surface area contributed by atoms with Crippen molar-refractivity contribution in [3.8, 4) is 5.75 Å². The van der Waals surface area contributed by atoms with Gasteiger partial charge in [-0.2, -0.15) is 0 Å². The molecule has 1 atom stereocenters. The molecule has 22 heavy (non-hydrogen) atoms. The summed E-state index contributed by atoms with van der Waals surface area (Å²) in [6, 6.07) is 17.4. The fourth-order valence-corrected chi connectivity index (χ4v) is 2.78. The SMILES string of the molecule is CC(C)Oc1ccc(NC(=O)[C@@H](C)Sc2ccccc2)cc1. The Morgan fingerprint density at radius 2 is 1.64 bits per heavy atom. The van der Waals surface area contributed by atoms with Crippen LogP contribution in [-0.2, 0) is 4.79 Å². The zero-order chi connectivity index (χ0) is 15.9. The Labute approximate surface area is 136 Å². The fraction of sp³-hybridized carbons (Fsp3) is 0.278. The smallest absolute Gasteiger partial charge is 0.237 e. The number of anilines is 1. The van der Waals surface area contributed by atoms with E-state index >= 15 is 0 Å². The molecule has 1 amide bonds. The molecule has 0 saturated carbocycles. The monoisotopic (exact) mass is 315 g/mol. The Morgan fingerprint density at radius 1 is 1.00 bits per heavy atom. The molecule has 0 aliphatic rings. The van der Waals surface area contributed by atoms with E-state index in [0.717, 1.165) is 16.3 Å². The Bertz CT molecular complexity index is 596. The molecule has 0 unspecified atom stereocenters. The first-order valence-electron chi connectivity index (χ1n) is 7.34. The Morgan fingerprint density at radius 3 is 2.23 bits per heavy atom. The van der Waals surface area contributed by atoms with Crippen LogP contribution in [-0.4, -0.2) is 17.3 Å². The fourth-order valence-electron chi connectivity index (χ4n) is 1.89. The van der Waals surface area contributed by atoms with Crippen molar-refractivity contribution in [3.05, 3.63) is 54.6 Å². The first kappa shape index (κ1) is 16.4. The number of carbonyl (C=O) groups is 1. The van der Waals surface area contributed by atoms with E-state index in [1.165, 1.54) is 0 Å². The molecule has 0 heterocycles. The maximum absolute atomic E-state index is 12.2. The van der Waals surface area contributed by atoms with Crippen molar-refractivity contribution in [3.63, 3.8) is 0 Å². The normalized spacial score (nSPS) is 12.0. The van der Waals surface area contributed by atoms with Gasteiger partial charge in [0.05, 0.1) is 11.4 Å². The second-order valence-electron chi connectivity index (χ2n) is 5.25. The maximum Gasteiger partial charge on any atom is 0.237 e. The molecule has 2 aromatic carbocycles. The van der Waals surface area contributed by atoms with Crippen LogP contribution in [0.5, 0.6) is 5.75 Å². The molecule has 0 radical (unpaired) electrons. The van der Waals surface area contributed by atoms with Crippen LogP contribution in [0.4, 0.5) is 5.69 Å². The largest absolute Gasteiger partial charge is 0.491 e. The van der Waals surface area contributed by atoms with Gasteiger partial charge < -0.3 is 10.1 Å². The van der Waals surface area contributed by atoms with Gasteiger partial charge in [0.2, 0.25) is 5.91 Å². The minimum absolute atomic E-state index is 0.00798. The summed E-state index contributed by atoms with van der Waals surface area (Å²) in [6.45, 7) is 5.87. The van der Waals surface area contributed by atoms with E-state index in [2.05, 4.69) is 5.32 Å². The zero-order valence-corrected chi connectivity index (χ0v) is 13.9. The average molecular weight is 315 g/mol. The summed E-state index contributed by atoms with van der Waals surface area (Å²) < 4.78 is 5.58. The molecule has 3 nitrogen and oxygen atoms in total. The number of rotatable bonds is 6. The minimum atomic E-state index is -0.158. The molecule has 116 valence electrons. The minimum Gasteiger partial charge on any atom is -0.491 e. The van der Waals surface area contributed by atoms with Crippen LogP contribution in [0.2, 0.25) is 0 Å². The summed E-state index contributed by atoms with van der Waals surface area (Å²) in [7, 11) is 0. The van der Waals surface area contributed by atoms with Gasteiger partial charge in [0.15, 0.2) is 0 Å². The summed E-state index contributed by atoms with van der Waals surface area (Å²) in [5, 5.41) is 2.77. The van der Waals surface area contributed by atoms with Crippen LogP contribution in [0.25, 0.3) is 0 Å². The molecule has 0 bridgehead atoms. The van der Waals surface area contributed by atoms with Crippen molar-refractivity contribution < 1.29 is 9.53 Å². The van der Waals surface area contributed by atoms with Crippen LogP contribution < -0.4 is 10.1 Å². The molecule has 2 rings (SSSR count). The first-order valence-corrected chi connectivity index (χ1v) is 8.22. The third-order valence-corrected chi connectivity index (χ3v) is 4.03. The van der Waals surface area contributed by atoms with Gasteiger partial charge in [-0.1, -0.05) is 18.2 Å². The Kier molecular flexibility index (Phi) is 5.90. The predicted octanol–water partition coefficient (Wildman–Crippen LogP) is 4.59. The van der Waals surface area contributed by atoms with Crippen LogP contribution in [0.1, 0.15) is 20.8 Å². The lowest BCUT2D eigenvalue weighted by atomic mass is 10.3. The van der Waals surface area contributed by atoms with Crippen LogP contribution in [0.3, 0.4) is 0 Å². The van der Waals surface area contributed by atoms with E-state index in [4.69, 9.17) is 4.74 Å². The summed E-state index contributed by atoms with van der Waals surface area (Å²) in [5.74, 6) is 0.797. The van der Waals surface area contributed by atoms with Crippen LogP contribution in [0, 0.1) is 0 Å². The lowest BCUT2D eigenvalue weighted by Crippen LogP contribution is -2.22. The molecular formula is C18H21NO2S. The molecule has 0 spiro atoms. The van der Waals surface area contributed by atoms with Gasteiger partial charge in [-0.25, -0.2) is 0 Å². The molecule has 4 heteroatoms. The highest BCUT2D eigenvalue weighted by Crippen LogP contribution is 2.24. The zero-order valence-electron chi connectivity index (χ0n) is 13.1. The summed E-state index contributed by atoms with van der Waals surface area (Å²) in [4.78, 5) is 13.3. The highest BCUT2D eigenvalue weighted by molar-refractivity contribution is 8.00. The Balaban J connectivity index is 1.90. The quantitative estimate of drug-likeness (QED) is 0.792. The number of nitrogens with one attached hydrogen (secondary N) is 1. The van der Waals surface area contributed by atoms with Crippen molar-refractivity contribution >= 4 is 23.4 Å². The van der Waals surface area contributed by atoms with E-state index in [-0.39, 0.29) is 17.3 Å². The number of carbonyl (C=O) groups excluding carboxylic acids is 1. The number of thioether (sulfide) groups is 1. The summed E-state index contributed by atoms with van der Waals surface area (Å²) in [6.07, 6.45) is 0.141. The number of benzene rings is 2. The van der Waals surface area contributed by atoms with Gasteiger partial charge >= 0.3 is 0 Å². The van der Waals surface area contributed by atoms with E-state index in [1.807, 2.05) is 75.4 Å². The van der Waals surface area contributed by atoms with Gasteiger partial charge in [-0.05, 0) is 57.2 Å². The molecule has 0 aliphatic carbocycles. The topological polar surface area (TPSA) is 38.3 Å².